The minimum Gasteiger partial charge on any atom is -0.362 e. The van der Waals surface area contributed by atoms with Gasteiger partial charge in [-0.2, -0.15) is 0 Å². The Hall–Kier alpha value is -3.75. The molecule has 0 aromatic heterocycles. The molecule has 2 aliphatic heterocycles. The molecule has 0 atom stereocenters. The number of carbonyl (C=O) groups excluding carboxylic acids is 1. The third-order valence-corrected chi connectivity index (χ3v) is 7.41. The summed E-state index contributed by atoms with van der Waals surface area (Å²) < 4.78 is 0. The van der Waals surface area contributed by atoms with E-state index in [0.717, 1.165) is 26.2 Å². The number of hydrogen-bond acceptors (Lipinski definition) is 6. The summed E-state index contributed by atoms with van der Waals surface area (Å²) in [5.41, 5.74) is 3.32. The van der Waals surface area contributed by atoms with Crippen LogP contribution in [-0.4, -0.2) is 84.4 Å². The number of para-hydroxylation sites is 2. The number of anilines is 1. The standard InChI is InChI=1S/C29H33N5O3/c35-28(32-21-19-31(20-22-32)26-13-7-8-14-27(26)34(36)37)23-30-15-17-33(18-16-30)29(24-9-3-1-4-10-24)25-11-5-2-6-12-25/h1-14,29H,15-23H2. The highest BCUT2D eigenvalue weighted by Gasteiger charge is 2.29. The molecule has 0 spiro atoms. The number of benzene rings is 3. The second kappa shape index (κ2) is 11.5. The van der Waals surface area contributed by atoms with Crippen molar-refractivity contribution < 1.29 is 9.72 Å². The number of rotatable bonds is 7. The fourth-order valence-corrected chi connectivity index (χ4v) is 5.44. The van der Waals surface area contributed by atoms with Crippen LogP contribution in [0, 0.1) is 10.1 Å². The molecule has 0 bridgehead atoms. The molecule has 2 heterocycles. The van der Waals surface area contributed by atoms with Gasteiger partial charge in [0.15, 0.2) is 0 Å². The van der Waals surface area contributed by atoms with E-state index >= 15 is 0 Å². The van der Waals surface area contributed by atoms with Crippen molar-refractivity contribution in [2.24, 2.45) is 0 Å². The highest BCUT2D eigenvalue weighted by atomic mass is 16.6. The van der Waals surface area contributed by atoms with Crippen LogP contribution >= 0.6 is 0 Å². The van der Waals surface area contributed by atoms with Crippen molar-refractivity contribution in [1.29, 1.82) is 0 Å². The first-order valence-corrected chi connectivity index (χ1v) is 12.9. The molecule has 0 aliphatic carbocycles. The fraction of sp³-hybridized carbons (Fsp3) is 0.345. The topological polar surface area (TPSA) is 73.2 Å². The fourth-order valence-electron chi connectivity index (χ4n) is 5.44. The summed E-state index contributed by atoms with van der Waals surface area (Å²) in [6.45, 7) is 6.25. The molecule has 8 heteroatoms. The molecular weight excluding hydrogens is 466 g/mol. The van der Waals surface area contributed by atoms with Crippen LogP contribution in [0.5, 0.6) is 0 Å². The van der Waals surface area contributed by atoms with Gasteiger partial charge in [-0.15, -0.1) is 0 Å². The summed E-state index contributed by atoms with van der Waals surface area (Å²) in [4.78, 5) is 32.8. The molecule has 0 N–H and O–H groups in total. The summed E-state index contributed by atoms with van der Waals surface area (Å²) in [5.74, 6) is 0.137. The molecule has 37 heavy (non-hydrogen) atoms. The number of amides is 1. The van der Waals surface area contributed by atoms with E-state index in [0.29, 0.717) is 38.4 Å². The predicted molar refractivity (Wildman–Crippen MR) is 145 cm³/mol. The lowest BCUT2D eigenvalue weighted by molar-refractivity contribution is -0.384. The molecule has 8 nitrogen and oxygen atoms in total. The highest BCUT2D eigenvalue weighted by Crippen LogP contribution is 2.30. The molecule has 0 saturated carbocycles. The first-order chi connectivity index (χ1) is 18.1. The van der Waals surface area contributed by atoms with Crippen molar-refractivity contribution in [3.05, 3.63) is 106 Å². The van der Waals surface area contributed by atoms with Gasteiger partial charge in [-0.05, 0) is 17.2 Å². The van der Waals surface area contributed by atoms with Gasteiger partial charge in [0.25, 0.3) is 5.69 Å². The van der Waals surface area contributed by atoms with Crippen LogP contribution in [0.2, 0.25) is 0 Å². The third-order valence-electron chi connectivity index (χ3n) is 7.41. The number of nitro benzene ring substituents is 1. The van der Waals surface area contributed by atoms with Gasteiger partial charge >= 0.3 is 0 Å². The van der Waals surface area contributed by atoms with Crippen LogP contribution in [0.3, 0.4) is 0 Å². The molecule has 0 radical (unpaired) electrons. The van der Waals surface area contributed by atoms with Crippen LogP contribution in [0.15, 0.2) is 84.9 Å². The largest absolute Gasteiger partial charge is 0.362 e. The minimum atomic E-state index is -0.341. The van der Waals surface area contributed by atoms with Crippen molar-refractivity contribution >= 4 is 17.3 Å². The zero-order valence-electron chi connectivity index (χ0n) is 21.0. The average Bonchev–Trinajstić information content (AvgIpc) is 2.95. The Morgan fingerprint density at radius 3 is 1.84 bits per heavy atom. The number of carbonyl (C=O) groups is 1. The van der Waals surface area contributed by atoms with Crippen LogP contribution in [-0.2, 0) is 4.79 Å². The molecule has 192 valence electrons. The predicted octanol–water partition coefficient (Wildman–Crippen LogP) is 3.65. The van der Waals surface area contributed by atoms with E-state index in [-0.39, 0.29) is 22.6 Å². The van der Waals surface area contributed by atoms with Gasteiger partial charge in [-0.25, -0.2) is 0 Å². The molecule has 2 fully saturated rings. The van der Waals surface area contributed by atoms with E-state index in [9.17, 15) is 14.9 Å². The van der Waals surface area contributed by atoms with E-state index < -0.39 is 0 Å². The van der Waals surface area contributed by atoms with Gasteiger partial charge in [0, 0.05) is 58.4 Å². The maximum Gasteiger partial charge on any atom is 0.292 e. The molecule has 0 unspecified atom stereocenters. The van der Waals surface area contributed by atoms with Crippen LogP contribution in [0.1, 0.15) is 17.2 Å². The van der Waals surface area contributed by atoms with Crippen LogP contribution in [0.4, 0.5) is 11.4 Å². The SMILES string of the molecule is O=C(CN1CCN(C(c2ccccc2)c2ccccc2)CC1)N1CCN(c2ccccc2[N+](=O)[O-])CC1. The Bertz CT molecular complexity index is 1150. The van der Waals surface area contributed by atoms with Crippen molar-refractivity contribution in [3.63, 3.8) is 0 Å². The first-order valence-electron chi connectivity index (χ1n) is 12.9. The van der Waals surface area contributed by atoms with Gasteiger partial charge in [0.2, 0.25) is 5.91 Å². The second-order valence-corrected chi connectivity index (χ2v) is 9.65. The number of hydrogen-bond donors (Lipinski definition) is 0. The Morgan fingerprint density at radius 1 is 0.730 bits per heavy atom. The molecule has 2 saturated heterocycles. The summed E-state index contributed by atoms with van der Waals surface area (Å²) in [6.07, 6.45) is 0. The van der Waals surface area contributed by atoms with Crippen LogP contribution in [0.25, 0.3) is 0 Å². The summed E-state index contributed by atoms with van der Waals surface area (Å²) >= 11 is 0. The number of piperazine rings is 2. The molecule has 5 rings (SSSR count). The zero-order valence-corrected chi connectivity index (χ0v) is 21.0. The molecule has 1 amide bonds. The van der Waals surface area contributed by atoms with Gasteiger partial charge in [0.05, 0.1) is 17.5 Å². The Balaban J connectivity index is 1.15. The van der Waals surface area contributed by atoms with E-state index in [1.807, 2.05) is 15.9 Å². The first kappa shape index (κ1) is 24.9. The van der Waals surface area contributed by atoms with Gasteiger partial charge < -0.3 is 9.80 Å². The maximum absolute atomic E-state index is 13.1. The molecular formula is C29H33N5O3. The Labute approximate surface area is 217 Å². The van der Waals surface area contributed by atoms with E-state index in [1.54, 1.807) is 12.1 Å². The average molecular weight is 500 g/mol. The van der Waals surface area contributed by atoms with Crippen LogP contribution < -0.4 is 4.90 Å². The lowest BCUT2D eigenvalue weighted by atomic mass is 9.96. The smallest absolute Gasteiger partial charge is 0.292 e. The number of nitrogens with zero attached hydrogens (tertiary/aromatic N) is 5. The normalized spacial score (nSPS) is 17.2. The summed E-state index contributed by atoms with van der Waals surface area (Å²) in [5, 5.41) is 11.4. The van der Waals surface area contributed by atoms with E-state index in [1.165, 1.54) is 17.2 Å². The lowest BCUT2D eigenvalue weighted by Crippen LogP contribution is -2.54. The minimum absolute atomic E-state index is 0.115. The highest BCUT2D eigenvalue weighted by molar-refractivity contribution is 5.78. The van der Waals surface area contributed by atoms with Crippen molar-refractivity contribution in [2.45, 2.75) is 6.04 Å². The van der Waals surface area contributed by atoms with Gasteiger partial charge in [-0.1, -0.05) is 72.8 Å². The van der Waals surface area contributed by atoms with Crippen molar-refractivity contribution in [1.82, 2.24) is 14.7 Å². The summed E-state index contributed by atoms with van der Waals surface area (Å²) in [6, 6.07) is 28.3. The monoisotopic (exact) mass is 499 g/mol. The third kappa shape index (κ3) is 5.81. The second-order valence-electron chi connectivity index (χ2n) is 9.65. The van der Waals surface area contributed by atoms with E-state index in [2.05, 4.69) is 70.5 Å². The Morgan fingerprint density at radius 2 is 1.27 bits per heavy atom. The van der Waals surface area contributed by atoms with Gasteiger partial charge in [0.1, 0.15) is 5.69 Å². The lowest BCUT2D eigenvalue weighted by Gasteiger charge is -2.41. The summed E-state index contributed by atoms with van der Waals surface area (Å²) in [7, 11) is 0. The molecule has 2 aliphatic rings. The quantitative estimate of drug-likeness (QED) is 0.365. The van der Waals surface area contributed by atoms with Gasteiger partial charge in [-0.3, -0.25) is 24.7 Å². The van der Waals surface area contributed by atoms with Crippen molar-refractivity contribution in [2.75, 3.05) is 63.8 Å². The van der Waals surface area contributed by atoms with Crippen molar-refractivity contribution in [3.8, 4) is 0 Å². The number of nitro groups is 1. The molecule has 3 aromatic rings. The zero-order chi connectivity index (χ0) is 25.6. The maximum atomic E-state index is 13.1. The van der Waals surface area contributed by atoms with E-state index in [4.69, 9.17) is 0 Å². The molecule has 3 aromatic carbocycles. The Kier molecular flexibility index (Phi) is 7.77.